The van der Waals surface area contributed by atoms with Crippen molar-refractivity contribution in [1.29, 1.82) is 0 Å². The summed E-state index contributed by atoms with van der Waals surface area (Å²) in [6.07, 6.45) is -3.89. The zero-order chi connectivity index (χ0) is 20.8. The molecule has 2 aromatic rings. The normalized spacial score (nSPS) is 11.7. The largest absolute Gasteiger partial charge is 0.417 e. The maximum atomic E-state index is 12.9. The van der Waals surface area contributed by atoms with Crippen molar-refractivity contribution in [3.8, 4) is 0 Å². The van der Waals surface area contributed by atoms with Crippen LogP contribution in [0.2, 0.25) is 0 Å². The summed E-state index contributed by atoms with van der Waals surface area (Å²) in [6, 6.07) is 8.26. The van der Waals surface area contributed by atoms with E-state index >= 15 is 0 Å². The minimum atomic E-state index is -4.85. The van der Waals surface area contributed by atoms with Crippen LogP contribution in [0.3, 0.4) is 0 Å². The second-order valence-corrected chi connectivity index (χ2v) is 7.09. The Kier molecular flexibility index (Phi) is 6.70. The first-order chi connectivity index (χ1) is 13.1. The Bertz CT molecular complexity index is 950. The average Bonchev–Trinajstić information content (AvgIpc) is 2.66. The summed E-state index contributed by atoms with van der Waals surface area (Å²) in [5.74, 6) is -1.44. The highest BCUT2D eigenvalue weighted by molar-refractivity contribution is 7.89. The van der Waals surface area contributed by atoms with Crippen molar-refractivity contribution < 1.29 is 31.2 Å². The van der Waals surface area contributed by atoms with Crippen molar-refractivity contribution >= 4 is 21.8 Å². The lowest BCUT2D eigenvalue weighted by Crippen LogP contribution is -2.43. The molecule has 0 bridgehead atoms. The molecule has 0 unspecified atom stereocenters. The van der Waals surface area contributed by atoms with Gasteiger partial charge in [0.1, 0.15) is 5.69 Å². The Labute approximate surface area is 158 Å². The van der Waals surface area contributed by atoms with Gasteiger partial charge in [0.15, 0.2) is 0 Å². The lowest BCUT2D eigenvalue weighted by Gasteiger charge is -2.13. The molecule has 0 aliphatic carbocycles. The summed E-state index contributed by atoms with van der Waals surface area (Å²) < 4.78 is 65.0. The first-order valence-corrected chi connectivity index (χ1v) is 9.25. The van der Waals surface area contributed by atoms with E-state index in [0.29, 0.717) is 6.07 Å². The topological polar surface area (TPSA) is 117 Å². The molecule has 2 amide bonds. The quantitative estimate of drug-likeness (QED) is 0.613. The Morgan fingerprint density at radius 2 is 1.68 bits per heavy atom. The van der Waals surface area contributed by atoms with Crippen LogP contribution in [0, 0.1) is 0 Å². The van der Waals surface area contributed by atoms with Crippen molar-refractivity contribution in [2.75, 3.05) is 6.54 Å². The molecule has 2 rings (SSSR count). The summed E-state index contributed by atoms with van der Waals surface area (Å²) in [6.45, 7) is -0.472. The van der Waals surface area contributed by atoms with Crippen LogP contribution in [-0.2, 0) is 21.0 Å². The highest BCUT2D eigenvalue weighted by Gasteiger charge is 2.36. The number of hydrogen-bond acceptors (Lipinski definition) is 5. The molecule has 0 radical (unpaired) electrons. The second-order valence-electron chi connectivity index (χ2n) is 5.36. The van der Waals surface area contributed by atoms with Gasteiger partial charge in [-0.2, -0.15) is 13.2 Å². The molecule has 12 heteroatoms. The SMILES string of the molecule is O=C(CCNS(=O)(=O)c1ccccc1C(F)(F)F)NNC(=O)c1ccccn1. The van der Waals surface area contributed by atoms with Crippen LogP contribution in [-0.4, -0.2) is 31.8 Å². The first-order valence-electron chi connectivity index (χ1n) is 7.77. The lowest BCUT2D eigenvalue weighted by molar-refractivity contribution is -0.139. The number of hydrogen-bond donors (Lipinski definition) is 3. The number of hydrazine groups is 1. The van der Waals surface area contributed by atoms with Gasteiger partial charge in [0.05, 0.1) is 10.5 Å². The van der Waals surface area contributed by atoms with Crippen LogP contribution in [0.4, 0.5) is 13.2 Å². The second kappa shape index (κ2) is 8.80. The molecule has 0 saturated carbocycles. The Balaban J connectivity index is 1.89. The highest BCUT2D eigenvalue weighted by atomic mass is 32.2. The molecule has 3 N–H and O–H groups in total. The fourth-order valence-electron chi connectivity index (χ4n) is 2.06. The summed E-state index contributed by atoms with van der Waals surface area (Å²) in [7, 11) is -4.49. The fraction of sp³-hybridized carbons (Fsp3) is 0.188. The summed E-state index contributed by atoms with van der Waals surface area (Å²) in [4.78, 5) is 26.2. The number of amides is 2. The molecular weight excluding hydrogens is 401 g/mol. The van der Waals surface area contributed by atoms with E-state index in [0.717, 1.165) is 18.2 Å². The Hall–Kier alpha value is -2.99. The van der Waals surface area contributed by atoms with E-state index in [1.54, 1.807) is 12.1 Å². The standard InChI is InChI=1S/C16H15F3N4O4S/c17-16(18,19)11-5-1-2-7-13(11)28(26,27)21-10-8-14(24)22-23-15(25)12-6-3-4-9-20-12/h1-7,9,21H,8,10H2,(H,22,24)(H,23,25). The van der Waals surface area contributed by atoms with E-state index in [1.165, 1.54) is 12.3 Å². The molecule has 150 valence electrons. The highest BCUT2D eigenvalue weighted by Crippen LogP contribution is 2.33. The lowest BCUT2D eigenvalue weighted by atomic mass is 10.2. The number of pyridine rings is 1. The Morgan fingerprint density at radius 1 is 1.00 bits per heavy atom. The van der Waals surface area contributed by atoms with E-state index in [9.17, 15) is 31.2 Å². The van der Waals surface area contributed by atoms with Crippen LogP contribution in [0.15, 0.2) is 53.6 Å². The molecule has 28 heavy (non-hydrogen) atoms. The molecule has 1 heterocycles. The van der Waals surface area contributed by atoms with Gasteiger partial charge in [0.2, 0.25) is 15.9 Å². The summed E-state index contributed by atoms with van der Waals surface area (Å²) in [5.41, 5.74) is 2.87. The van der Waals surface area contributed by atoms with Gasteiger partial charge in [-0.25, -0.2) is 13.1 Å². The van der Waals surface area contributed by atoms with Crippen molar-refractivity contribution in [2.45, 2.75) is 17.5 Å². The average molecular weight is 416 g/mol. The van der Waals surface area contributed by atoms with Gasteiger partial charge in [-0.05, 0) is 24.3 Å². The van der Waals surface area contributed by atoms with Crippen LogP contribution in [0.5, 0.6) is 0 Å². The molecule has 1 aromatic carbocycles. The summed E-state index contributed by atoms with van der Waals surface area (Å²) >= 11 is 0. The van der Waals surface area contributed by atoms with Gasteiger partial charge in [-0.1, -0.05) is 18.2 Å². The van der Waals surface area contributed by atoms with E-state index in [2.05, 4.69) is 10.4 Å². The van der Waals surface area contributed by atoms with Gasteiger partial charge in [0.25, 0.3) is 5.91 Å². The van der Waals surface area contributed by atoms with Gasteiger partial charge in [-0.15, -0.1) is 0 Å². The van der Waals surface area contributed by atoms with Gasteiger partial charge in [0, 0.05) is 19.2 Å². The monoisotopic (exact) mass is 416 g/mol. The zero-order valence-corrected chi connectivity index (χ0v) is 15.0. The third kappa shape index (κ3) is 5.76. The number of aromatic nitrogens is 1. The number of benzene rings is 1. The number of carbonyl (C=O) groups is 2. The smallest absolute Gasteiger partial charge is 0.273 e. The van der Waals surface area contributed by atoms with Crippen LogP contribution < -0.4 is 15.6 Å². The molecule has 0 fully saturated rings. The zero-order valence-electron chi connectivity index (χ0n) is 14.2. The molecule has 0 aliphatic rings. The molecule has 8 nitrogen and oxygen atoms in total. The van der Waals surface area contributed by atoms with E-state index in [4.69, 9.17) is 0 Å². The fourth-order valence-corrected chi connectivity index (χ4v) is 3.32. The minimum absolute atomic E-state index is 0.0484. The van der Waals surface area contributed by atoms with Crippen LogP contribution in [0.25, 0.3) is 0 Å². The van der Waals surface area contributed by atoms with Crippen molar-refractivity contribution in [3.05, 3.63) is 59.9 Å². The molecule has 0 atom stereocenters. The van der Waals surface area contributed by atoms with Gasteiger partial charge in [-0.3, -0.25) is 25.4 Å². The number of nitrogens with zero attached hydrogens (tertiary/aromatic N) is 1. The number of sulfonamides is 1. The number of nitrogens with one attached hydrogen (secondary N) is 3. The minimum Gasteiger partial charge on any atom is -0.273 e. The van der Waals surface area contributed by atoms with Crippen molar-refractivity contribution in [3.63, 3.8) is 0 Å². The molecule has 0 aliphatic heterocycles. The van der Waals surface area contributed by atoms with Gasteiger partial charge >= 0.3 is 6.18 Å². The van der Waals surface area contributed by atoms with Crippen molar-refractivity contribution in [2.24, 2.45) is 0 Å². The van der Waals surface area contributed by atoms with Crippen molar-refractivity contribution in [1.82, 2.24) is 20.6 Å². The third-order valence-electron chi connectivity index (χ3n) is 3.34. The maximum Gasteiger partial charge on any atom is 0.417 e. The van der Waals surface area contributed by atoms with E-state index < -0.39 is 51.4 Å². The Morgan fingerprint density at radius 3 is 2.32 bits per heavy atom. The molecule has 0 spiro atoms. The van der Waals surface area contributed by atoms with E-state index in [-0.39, 0.29) is 5.69 Å². The third-order valence-corrected chi connectivity index (χ3v) is 4.86. The number of carbonyl (C=O) groups excluding carboxylic acids is 2. The molecule has 0 saturated heterocycles. The molecular formula is C16H15F3N4O4S. The number of rotatable bonds is 6. The number of alkyl halides is 3. The van der Waals surface area contributed by atoms with Gasteiger partial charge < -0.3 is 0 Å². The molecule has 1 aromatic heterocycles. The maximum absolute atomic E-state index is 12.9. The summed E-state index contributed by atoms with van der Waals surface area (Å²) in [5, 5.41) is 0. The van der Waals surface area contributed by atoms with Crippen LogP contribution in [0.1, 0.15) is 22.5 Å². The van der Waals surface area contributed by atoms with E-state index in [1.807, 2.05) is 10.1 Å². The predicted molar refractivity (Wildman–Crippen MR) is 91.1 cm³/mol. The first kappa shape index (κ1) is 21.3. The predicted octanol–water partition coefficient (Wildman–Crippen LogP) is 1.23. The number of halogens is 3. The van der Waals surface area contributed by atoms with Crippen LogP contribution >= 0.6 is 0 Å².